The standard InChI is InChI=1S/C18H11NO3/c20-17-14-9-3-4-10-15(14)18(21)19(17)22-16-11-5-7-12-6-1-2-8-13(12)16/h1-11H. The molecule has 4 rings (SSSR count). The van der Waals surface area contributed by atoms with E-state index in [-0.39, 0.29) is 0 Å². The zero-order chi connectivity index (χ0) is 15.1. The lowest BCUT2D eigenvalue weighted by molar-refractivity contribution is -0.0132. The molecule has 106 valence electrons. The number of amides is 2. The van der Waals surface area contributed by atoms with Crippen LogP contribution in [0.1, 0.15) is 20.7 Å². The number of imide groups is 1. The Balaban J connectivity index is 1.76. The van der Waals surface area contributed by atoms with Crippen molar-refractivity contribution in [2.75, 3.05) is 0 Å². The highest BCUT2D eigenvalue weighted by Crippen LogP contribution is 2.29. The van der Waals surface area contributed by atoms with Gasteiger partial charge in [-0.2, -0.15) is 0 Å². The van der Waals surface area contributed by atoms with E-state index in [4.69, 9.17) is 4.84 Å². The van der Waals surface area contributed by atoms with E-state index < -0.39 is 11.8 Å². The number of rotatable bonds is 2. The number of nitrogens with zero attached hydrogens (tertiary/aromatic N) is 1. The molecule has 4 heteroatoms. The Morgan fingerprint density at radius 3 is 2.00 bits per heavy atom. The highest BCUT2D eigenvalue weighted by Gasteiger charge is 2.37. The molecule has 3 aromatic rings. The number of hydrogen-bond donors (Lipinski definition) is 0. The number of hydrogen-bond acceptors (Lipinski definition) is 3. The van der Waals surface area contributed by atoms with E-state index in [2.05, 4.69) is 0 Å². The second-order valence-electron chi connectivity index (χ2n) is 5.02. The van der Waals surface area contributed by atoms with Crippen molar-refractivity contribution in [1.82, 2.24) is 5.06 Å². The summed E-state index contributed by atoms with van der Waals surface area (Å²) in [5.41, 5.74) is 0.737. The minimum Gasteiger partial charge on any atom is -0.368 e. The summed E-state index contributed by atoms with van der Waals surface area (Å²) in [6.07, 6.45) is 0. The summed E-state index contributed by atoms with van der Waals surface area (Å²) in [6.45, 7) is 0. The Hall–Kier alpha value is -3.14. The van der Waals surface area contributed by atoms with Crippen LogP contribution >= 0.6 is 0 Å². The van der Waals surface area contributed by atoms with Gasteiger partial charge in [0.15, 0.2) is 5.75 Å². The van der Waals surface area contributed by atoms with Gasteiger partial charge in [0.05, 0.1) is 11.1 Å². The van der Waals surface area contributed by atoms with Gasteiger partial charge in [-0.25, -0.2) is 0 Å². The average Bonchev–Trinajstić information content (AvgIpc) is 2.81. The summed E-state index contributed by atoms with van der Waals surface area (Å²) in [4.78, 5) is 30.3. The van der Waals surface area contributed by atoms with Gasteiger partial charge in [0, 0.05) is 5.39 Å². The Kier molecular flexibility index (Phi) is 2.69. The Bertz CT molecular complexity index is 877. The third-order valence-electron chi connectivity index (χ3n) is 3.70. The van der Waals surface area contributed by atoms with Gasteiger partial charge in [0.25, 0.3) is 11.8 Å². The fourth-order valence-electron chi connectivity index (χ4n) is 2.62. The van der Waals surface area contributed by atoms with Crippen molar-refractivity contribution in [3.8, 4) is 5.75 Å². The SMILES string of the molecule is O=C1c2ccccc2C(=O)N1Oc1cccc2ccccc12. The second-order valence-corrected chi connectivity index (χ2v) is 5.02. The van der Waals surface area contributed by atoms with E-state index in [9.17, 15) is 9.59 Å². The molecule has 4 nitrogen and oxygen atoms in total. The van der Waals surface area contributed by atoms with Crippen LogP contribution in [-0.2, 0) is 0 Å². The molecular formula is C18H11NO3. The van der Waals surface area contributed by atoms with Gasteiger partial charge in [-0.05, 0) is 23.6 Å². The number of fused-ring (bicyclic) bond motifs is 2. The first-order valence-corrected chi connectivity index (χ1v) is 6.89. The van der Waals surface area contributed by atoms with Crippen LogP contribution in [0.2, 0.25) is 0 Å². The number of benzene rings is 3. The molecule has 0 atom stereocenters. The molecule has 1 aliphatic rings. The van der Waals surface area contributed by atoms with E-state index in [1.54, 1.807) is 30.3 Å². The molecule has 3 aromatic carbocycles. The minimum atomic E-state index is -0.437. The Labute approximate surface area is 126 Å². The van der Waals surface area contributed by atoms with Gasteiger partial charge in [-0.1, -0.05) is 53.6 Å². The molecule has 0 saturated carbocycles. The molecule has 1 heterocycles. The predicted octanol–water partition coefficient (Wildman–Crippen LogP) is 3.43. The number of carbonyl (C=O) groups is 2. The summed E-state index contributed by atoms with van der Waals surface area (Å²) >= 11 is 0. The zero-order valence-electron chi connectivity index (χ0n) is 11.5. The van der Waals surface area contributed by atoms with Crippen LogP contribution in [0.25, 0.3) is 10.8 Å². The maximum absolute atomic E-state index is 12.3. The van der Waals surface area contributed by atoms with Crippen LogP contribution in [0, 0.1) is 0 Å². The molecule has 0 aromatic heterocycles. The van der Waals surface area contributed by atoms with Crippen molar-refractivity contribution in [3.63, 3.8) is 0 Å². The van der Waals surface area contributed by atoms with Gasteiger partial charge in [0.2, 0.25) is 0 Å². The molecule has 0 spiro atoms. The lowest BCUT2D eigenvalue weighted by atomic mass is 10.1. The first kappa shape index (κ1) is 12.6. The molecule has 0 N–H and O–H groups in total. The highest BCUT2D eigenvalue weighted by atomic mass is 16.7. The van der Waals surface area contributed by atoms with Crippen molar-refractivity contribution in [3.05, 3.63) is 77.9 Å². The number of carbonyl (C=O) groups excluding carboxylic acids is 2. The third-order valence-corrected chi connectivity index (χ3v) is 3.70. The molecule has 1 aliphatic heterocycles. The van der Waals surface area contributed by atoms with Crippen molar-refractivity contribution in [2.24, 2.45) is 0 Å². The van der Waals surface area contributed by atoms with Crippen LogP contribution in [-0.4, -0.2) is 16.9 Å². The largest absolute Gasteiger partial charge is 0.368 e. The predicted molar refractivity (Wildman–Crippen MR) is 81.5 cm³/mol. The van der Waals surface area contributed by atoms with Crippen LogP contribution in [0.4, 0.5) is 0 Å². The summed E-state index contributed by atoms with van der Waals surface area (Å²) in [7, 11) is 0. The molecule has 0 radical (unpaired) electrons. The Morgan fingerprint density at radius 1 is 0.682 bits per heavy atom. The first-order valence-electron chi connectivity index (χ1n) is 6.89. The lowest BCUT2D eigenvalue weighted by Crippen LogP contribution is -2.33. The van der Waals surface area contributed by atoms with E-state index >= 15 is 0 Å². The summed E-state index contributed by atoms with van der Waals surface area (Å²) < 4.78 is 0. The van der Waals surface area contributed by atoms with Gasteiger partial charge in [-0.3, -0.25) is 9.59 Å². The molecular weight excluding hydrogens is 278 g/mol. The van der Waals surface area contributed by atoms with Crippen LogP contribution in [0.15, 0.2) is 66.7 Å². The van der Waals surface area contributed by atoms with Crippen molar-refractivity contribution in [1.29, 1.82) is 0 Å². The fraction of sp³-hybridized carbons (Fsp3) is 0. The normalized spacial score (nSPS) is 13.5. The molecule has 0 saturated heterocycles. The average molecular weight is 289 g/mol. The van der Waals surface area contributed by atoms with Crippen LogP contribution in [0.5, 0.6) is 5.75 Å². The summed E-state index contributed by atoms with van der Waals surface area (Å²) in [5, 5.41) is 2.66. The fourth-order valence-corrected chi connectivity index (χ4v) is 2.62. The van der Waals surface area contributed by atoms with Crippen molar-refractivity contribution in [2.45, 2.75) is 0 Å². The summed E-state index contributed by atoms with van der Waals surface area (Å²) in [6, 6.07) is 19.9. The lowest BCUT2D eigenvalue weighted by Gasteiger charge is -2.15. The van der Waals surface area contributed by atoms with Crippen LogP contribution in [0.3, 0.4) is 0 Å². The van der Waals surface area contributed by atoms with Crippen molar-refractivity contribution >= 4 is 22.6 Å². The molecule has 2 amide bonds. The molecule has 0 unspecified atom stereocenters. The molecule has 0 fully saturated rings. The summed E-state index contributed by atoms with van der Waals surface area (Å²) in [5.74, 6) is -0.394. The quantitative estimate of drug-likeness (QED) is 0.679. The van der Waals surface area contributed by atoms with E-state index in [1.165, 1.54) is 0 Å². The van der Waals surface area contributed by atoms with Gasteiger partial charge >= 0.3 is 0 Å². The smallest absolute Gasteiger partial charge is 0.295 e. The van der Waals surface area contributed by atoms with E-state index in [0.29, 0.717) is 16.9 Å². The van der Waals surface area contributed by atoms with Gasteiger partial charge in [-0.15, -0.1) is 0 Å². The zero-order valence-corrected chi connectivity index (χ0v) is 11.5. The number of hydroxylamine groups is 2. The van der Waals surface area contributed by atoms with E-state index in [0.717, 1.165) is 15.8 Å². The maximum Gasteiger partial charge on any atom is 0.295 e. The first-order chi connectivity index (χ1) is 10.8. The molecule has 22 heavy (non-hydrogen) atoms. The molecule has 0 aliphatic carbocycles. The topological polar surface area (TPSA) is 46.6 Å². The van der Waals surface area contributed by atoms with Gasteiger partial charge in [0.1, 0.15) is 0 Å². The van der Waals surface area contributed by atoms with Gasteiger partial charge < -0.3 is 4.84 Å². The highest BCUT2D eigenvalue weighted by molar-refractivity contribution is 6.20. The van der Waals surface area contributed by atoms with Crippen molar-refractivity contribution < 1.29 is 14.4 Å². The Morgan fingerprint density at radius 2 is 1.27 bits per heavy atom. The maximum atomic E-state index is 12.3. The minimum absolute atomic E-state index is 0.368. The van der Waals surface area contributed by atoms with E-state index in [1.807, 2.05) is 36.4 Å². The second kappa shape index (κ2) is 4.70. The monoisotopic (exact) mass is 289 g/mol. The van der Waals surface area contributed by atoms with Crippen LogP contribution < -0.4 is 4.84 Å². The molecule has 0 bridgehead atoms. The third kappa shape index (κ3) is 1.78.